The maximum Gasteiger partial charge on any atom is 0.422 e. The lowest BCUT2D eigenvalue weighted by Gasteiger charge is -2.34. The van der Waals surface area contributed by atoms with Crippen molar-refractivity contribution in [2.45, 2.75) is 6.18 Å². The Kier molecular flexibility index (Phi) is 6.45. The predicted molar refractivity (Wildman–Crippen MR) is 99.0 cm³/mol. The van der Waals surface area contributed by atoms with Crippen molar-refractivity contribution in [3.63, 3.8) is 0 Å². The first-order valence-electron chi connectivity index (χ1n) is 8.83. The van der Waals surface area contributed by atoms with Gasteiger partial charge in [-0.2, -0.15) is 13.2 Å². The smallest absolute Gasteiger partial charge is 0.422 e. The van der Waals surface area contributed by atoms with Gasteiger partial charge in [0.1, 0.15) is 5.82 Å². The fourth-order valence-corrected chi connectivity index (χ4v) is 3.05. The van der Waals surface area contributed by atoms with Crippen LogP contribution in [0.2, 0.25) is 5.02 Å². The van der Waals surface area contributed by atoms with E-state index >= 15 is 0 Å². The molecule has 3 rings (SSSR count). The van der Waals surface area contributed by atoms with Crippen molar-refractivity contribution in [2.24, 2.45) is 0 Å². The molecule has 1 aromatic heterocycles. The number of carbonyl (C=O) groups excluding carboxylic acids is 2. The zero-order valence-electron chi connectivity index (χ0n) is 15.5. The summed E-state index contributed by atoms with van der Waals surface area (Å²) >= 11 is 5.82. The SMILES string of the molecule is O=C(c1ccc(OCC(F)(F)F)nc1)N1CCN(C(=O)c2cc(Cl)ccc2F)CC1. The van der Waals surface area contributed by atoms with Gasteiger partial charge in [0.05, 0.1) is 11.1 Å². The first-order chi connectivity index (χ1) is 14.1. The Hall–Kier alpha value is -2.88. The molecule has 0 saturated carbocycles. The summed E-state index contributed by atoms with van der Waals surface area (Å²) in [5.74, 6) is -1.83. The Labute approximate surface area is 174 Å². The highest BCUT2D eigenvalue weighted by Crippen LogP contribution is 2.19. The summed E-state index contributed by atoms with van der Waals surface area (Å²) in [5, 5.41) is 0.240. The van der Waals surface area contributed by atoms with Crippen molar-refractivity contribution in [3.8, 4) is 5.88 Å². The minimum atomic E-state index is -4.48. The van der Waals surface area contributed by atoms with Gasteiger partial charge in [-0.3, -0.25) is 9.59 Å². The van der Waals surface area contributed by atoms with Crippen molar-refractivity contribution in [1.82, 2.24) is 14.8 Å². The molecule has 1 fully saturated rings. The Morgan fingerprint density at radius 2 is 1.67 bits per heavy atom. The molecule has 0 aliphatic carbocycles. The lowest BCUT2D eigenvalue weighted by atomic mass is 10.1. The molecule has 1 saturated heterocycles. The molecule has 0 N–H and O–H groups in total. The van der Waals surface area contributed by atoms with Crippen LogP contribution in [-0.4, -0.2) is 65.6 Å². The number of hydrogen-bond acceptors (Lipinski definition) is 4. The van der Waals surface area contributed by atoms with Gasteiger partial charge < -0.3 is 14.5 Å². The standard InChI is InChI=1S/C19H16ClF4N3O3/c20-13-2-3-15(21)14(9-13)18(29)27-7-5-26(6-8-27)17(28)12-1-4-16(25-10-12)30-11-19(22,23)24/h1-4,9-10H,5-8,11H2. The molecule has 6 nitrogen and oxygen atoms in total. The van der Waals surface area contributed by atoms with Gasteiger partial charge in [-0.15, -0.1) is 0 Å². The van der Waals surface area contributed by atoms with Crippen LogP contribution in [0.15, 0.2) is 36.5 Å². The summed E-state index contributed by atoms with van der Waals surface area (Å²) in [4.78, 5) is 31.7. The summed E-state index contributed by atoms with van der Waals surface area (Å²) in [6, 6.07) is 6.22. The molecule has 2 heterocycles. The zero-order chi connectivity index (χ0) is 21.9. The van der Waals surface area contributed by atoms with Crippen LogP contribution in [0.1, 0.15) is 20.7 Å². The Morgan fingerprint density at radius 3 is 2.23 bits per heavy atom. The first-order valence-corrected chi connectivity index (χ1v) is 9.21. The fraction of sp³-hybridized carbons (Fsp3) is 0.316. The molecule has 2 amide bonds. The third-order valence-electron chi connectivity index (χ3n) is 4.38. The van der Waals surface area contributed by atoms with E-state index in [-0.39, 0.29) is 54.1 Å². The van der Waals surface area contributed by atoms with E-state index in [4.69, 9.17) is 11.6 Å². The number of piperazine rings is 1. The lowest BCUT2D eigenvalue weighted by molar-refractivity contribution is -0.154. The maximum atomic E-state index is 13.9. The summed E-state index contributed by atoms with van der Waals surface area (Å²) in [7, 11) is 0. The minimum Gasteiger partial charge on any atom is -0.468 e. The van der Waals surface area contributed by atoms with Crippen LogP contribution < -0.4 is 4.74 Å². The number of aromatic nitrogens is 1. The van der Waals surface area contributed by atoms with Gasteiger partial charge in [0.25, 0.3) is 11.8 Å². The normalized spacial score (nSPS) is 14.6. The van der Waals surface area contributed by atoms with Crippen LogP contribution in [-0.2, 0) is 0 Å². The van der Waals surface area contributed by atoms with E-state index in [1.807, 2.05) is 0 Å². The number of nitrogens with zero attached hydrogens (tertiary/aromatic N) is 3. The quantitative estimate of drug-likeness (QED) is 0.677. The van der Waals surface area contributed by atoms with Crippen LogP contribution in [0.25, 0.3) is 0 Å². The van der Waals surface area contributed by atoms with Crippen LogP contribution >= 0.6 is 11.6 Å². The highest BCUT2D eigenvalue weighted by molar-refractivity contribution is 6.31. The average Bonchev–Trinajstić information content (AvgIpc) is 2.73. The van der Waals surface area contributed by atoms with E-state index in [1.54, 1.807) is 0 Å². The van der Waals surface area contributed by atoms with E-state index < -0.39 is 24.5 Å². The monoisotopic (exact) mass is 445 g/mol. The van der Waals surface area contributed by atoms with Gasteiger partial charge in [0.2, 0.25) is 5.88 Å². The fourth-order valence-electron chi connectivity index (χ4n) is 2.87. The van der Waals surface area contributed by atoms with Gasteiger partial charge in [0.15, 0.2) is 6.61 Å². The molecule has 30 heavy (non-hydrogen) atoms. The molecular formula is C19H16ClF4N3O3. The molecule has 2 aromatic rings. The topological polar surface area (TPSA) is 62.7 Å². The van der Waals surface area contributed by atoms with Crippen molar-refractivity contribution in [2.75, 3.05) is 32.8 Å². The molecule has 0 spiro atoms. The highest BCUT2D eigenvalue weighted by Gasteiger charge is 2.29. The predicted octanol–water partition coefficient (Wildman–Crippen LogP) is 3.41. The Bertz CT molecular complexity index is 930. The third kappa shape index (κ3) is 5.38. The van der Waals surface area contributed by atoms with Crippen molar-refractivity contribution < 1.29 is 31.9 Å². The number of alkyl halides is 3. The molecule has 0 bridgehead atoms. The van der Waals surface area contributed by atoms with Crippen LogP contribution in [0.5, 0.6) is 5.88 Å². The number of ether oxygens (including phenoxy) is 1. The number of amides is 2. The summed E-state index contributed by atoms with van der Waals surface area (Å²) in [6.45, 7) is -0.678. The molecule has 0 atom stereocenters. The molecule has 1 aliphatic rings. The van der Waals surface area contributed by atoms with E-state index in [9.17, 15) is 27.2 Å². The number of carbonyl (C=O) groups is 2. The molecule has 1 aliphatic heterocycles. The molecular weight excluding hydrogens is 430 g/mol. The Balaban J connectivity index is 1.57. The van der Waals surface area contributed by atoms with Crippen LogP contribution in [0.3, 0.4) is 0 Å². The highest BCUT2D eigenvalue weighted by atomic mass is 35.5. The van der Waals surface area contributed by atoms with Crippen molar-refractivity contribution in [1.29, 1.82) is 0 Å². The van der Waals surface area contributed by atoms with E-state index in [2.05, 4.69) is 9.72 Å². The lowest BCUT2D eigenvalue weighted by Crippen LogP contribution is -2.50. The van der Waals surface area contributed by atoms with Gasteiger partial charge in [0, 0.05) is 43.5 Å². The molecule has 160 valence electrons. The summed E-state index contributed by atoms with van der Waals surface area (Å²) in [5.41, 5.74) is 0.0379. The van der Waals surface area contributed by atoms with E-state index in [0.29, 0.717) is 0 Å². The molecule has 0 unspecified atom stereocenters. The average molecular weight is 446 g/mol. The molecule has 0 radical (unpaired) electrons. The van der Waals surface area contributed by atoms with Gasteiger partial charge in [-0.05, 0) is 24.3 Å². The number of pyridine rings is 1. The number of hydrogen-bond donors (Lipinski definition) is 0. The number of benzene rings is 1. The number of halogens is 5. The van der Waals surface area contributed by atoms with E-state index in [1.165, 1.54) is 34.1 Å². The van der Waals surface area contributed by atoms with Crippen LogP contribution in [0.4, 0.5) is 17.6 Å². The summed E-state index contributed by atoms with van der Waals surface area (Å²) in [6.07, 6.45) is -3.35. The number of rotatable bonds is 4. The second kappa shape index (κ2) is 8.86. The zero-order valence-corrected chi connectivity index (χ0v) is 16.2. The van der Waals surface area contributed by atoms with E-state index in [0.717, 1.165) is 12.3 Å². The Morgan fingerprint density at radius 1 is 1.03 bits per heavy atom. The van der Waals surface area contributed by atoms with Gasteiger partial charge in [-0.1, -0.05) is 11.6 Å². The van der Waals surface area contributed by atoms with Gasteiger partial charge >= 0.3 is 6.18 Å². The second-order valence-electron chi connectivity index (χ2n) is 6.50. The summed E-state index contributed by atoms with van der Waals surface area (Å²) < 4.78 is 54.9. The van der Waals surface area contributed by atoms with Crippen LogP contribution in [0, 0.1) is 5.82 Å². The second-order valence-corrected chi connectivity index (χ2v) is 6.93. The third-order valence-corrected chi connectivity index (χ3v) is 4.62. The maximum absolute atomic E-state index is 13.9. The largest absolute Gasteiger partial charge is 0.468 e. The van der Waals surface area contributed by atoms with Gasteiger partial charge in [-0.25, -0.2) is 9.37 Å². The molecule has 11 heteroatoms. The van der Waals surface area contributed by atoms with Crippen molar-refractivity contribution >= 4 is 23.4 Å². The minimum absolute atomic E-state index is 0.138. The van der Waals surface area contributed by atoms with Crippen molar-refractivity contribution in [3.05, 3.63) is 58.5 Å². The molecule has 1 aromatic carbocycles. The first kappa shape index (κ1) is 21.8.